The van der Waals surface area contributed by atoms with Gasteiger partial charge in [-0.05, 0) is 36.2 Å². The Morgan fingerprint density at radius 1 is 1.30 bits per heavy atom. The maximum absolute atomic E-state index is 4.58. The highest BCUT2D eigenvalue weighted by molar-refractivity contribution is 7.19. The van der Waals surface area contributed by atoms with Gasteiger partial charge in [0.1, 0.15) is 17.5 Å². The molecule has 1 aliphatic carbocycles. The van der Waals surface area contributed by atoms with Crippen molar-refractivity contribution in [1.82, 2.24) is 19.6 Å². The van der Waals surface area contributed by atoms with Crippen LogP contribution in [0, 0.1) is 11.3 Å². The zero-order valence-corrected chi connectivity index (χ0v) is 12.9. The van der Waals surface area contributed by atoms with Gasteiger partial charge in [0.25, 0.3) is 0 Å². The van der Waals surface area contributed by atoms with Crippen molar-refractivity contribution in [2.75, 3.05) is 0 Å². The summed E-state index contributed by atoms with van der Waals surface area (Å²) in [4.78, 5) is 7.20. The highest BCUT2D eigenvalue weighted by Crippen LogP contribution is 2.43. The van der Waals surface area contributed by atoms with E-state index < -0.39 is 0 Å². The lowest BCUT2D eigenvalue weighted by Gasteiger charge is -2.33. The highest BCUT2D eigenvalue weighted by atomic mass is 32.1. The first-order valence-electron chi connectivity index (χ1n) is 7.12. The largest absolute Gasteiger partial charge is 0.271 e. The number of hydrogen-bond donors (Lipinski definition) is 0. The van der Waals surface area contributed by atoms with Crippen molar-refractivity contribution in [3.63, 3.8) is 0 Å². The van der Waals surface area contributed by atoms with Crippen LogP contribution in [0.5, 0.6) is 0 Å². The number of aryl methyl sites for hydroxylation is 1. The quantitative estimate of drug-likeness (QED) is 0.635. The molecule has 0 spiro atoms. The van der Waals surface area contributed by atoms with Crippen LogP contribution in [0.3, 0.4) is 0 Å². The molecule has 0 radical (unpaired) electrons. The van der Waals surface area contributed by atoms with Gasteiger partial charge in [0.2, 0.25) is 0 Å². The van der Waals surface area contributed by atoms with E-state index in [1.807, 2.05) is 22.1 Å². The zero-order chi connectivity index (χ0) is 13.9. The minimum atomic E-state index is 0.380. The summed E-state index contributed by atoms with van der Waals surface area (Å²) in [5.74, 6) is 0.761. The number of hydrogen-bond acceptors (Lipinski definition) is 4. The van der Waals surface area contributed by atoms with E-state index in [-0.39, 0.29) is 0 Å². The van der Waals surface area contributed by atoms with Crippen molar-refractivity contribution in [2.45, 2.75) is 40.0 Å². The van der Waals surface area contributed by atoms with Crippen LogP contribution in [0.25, 0.3) is 15.9 Å². The monoisotopic (exact) mass is 286 g/mol. The molecule has 3 heterocycles. The van der Waals surface area contributed by atoms with E-state index in [9.17, 15) is 0 Å². The third kappa shape index (κ3) is 1.69. The molecule has 5 heteroatoms. The van der Waals surface area contributed by atoms with Crippen molar-refractivity contribution in [1.29, 1.82) is 0 Å². The van der Waals surface area contributed by atoms with Crippen molar-refractivity contribution in [3.8, 4) is 0 Å². The smallest absolute Gasteiger partial charge is 0.172 e. The van der Waals surface area contributed by atoms with E-state index >= 15 is 0 Å². The van der Waals surface area contributed by atoms with Gasteiger partial charge in [0.15, 0.2) is 5.65 Å². The fraction of sp³-hybridized carbons (Fsp3) is 0.533. The molecule has 3 aromatic rings. The Morgan fingerprint density at radius 2 is 2.15 bits per heavy atom. The van der Waals surface area contributed by atoms with Crippen LogP contribution in [-0.4, -0.2) is 19.6 Å². The predicted molar refractivity (Wildman–Crippen MR) is 81.1 cm³/mol. The minimum absolute atomic E-state index is 0.380. The molecule has 0 saturated heterocycles. The molecule has 0 amide bonds. The number of fused-ring (bicyclic) bond motifs is 5. The van der Waals surface area contributed by atoms with Gasteiger partial charge in [0, 0.05) is 4.88 Å². The van der Waals surface area contributed by atoms with Gasteiger partial charge in [-0.15, -0.1) is 21.5 Å². The van der Waals surface area contributed by atoms with E-state index in [0.29, 0.717) is 5.41 Å². The lowest BCUT2D eigenvalue weighted by Crippen LogP contribution is -2.26. The maximum Gasteiger partial charge on any atom is 0.172 e. The van der Waals surface area contributed by atoms with Gasteiger partial charge in [-0.25, -0.2) is 4.98 Å². The highest BCUT2D eigenvalue weighted by Gasteiger charge is 2.31. The van der Waals surface area contributed by atoms with Gasteiger partial charge in [-0.1, -0.05) is 20.8 Å². The molecule has 0 saturated carbocycles. The topological polar surface area (TPSA) is 43.1 Å². The lowest BCUT2D eigenvalue weighted by molar-refractivity contribution is 0.218. The summed E-state index contributed by atoms with van der Waals surface area (Å²) in [7, 11) is 0. The van der Waals surface area contributed by atoms with Crippen LogP contribution >= 0.6 is 11.3 Å². The second kappa shape index (κ2) is 4.01. The molecule has 0 aromatic carbocycles. The van der Waals surface area contributed by atoms with Gasteiger partial charge in [-0.2, -0.15) is 0 Å². The molecule has 3 aromatic heterocycles. The van der Waals surface area contributed by atoms with E-state index in [0.717, 1.165) is 22.8 Å². The van der Waals surface area contributed by atoms with Gasteiger partial charge in [0.05, 0.1) is 5.39 Å². The van der Waals surface area contributed by atoms with Crippen molar-refractivity contribution < 1.29 is 0 Å². The first kappa shape index (κ1) is 12.3. The summed E-state index contributed by atoms with van der Waals surface area (Å²) in [5.41, 5.74) is 2.81. The number of nitrogens with zero attached hydrogens (tertiary/aromatic N) is 4. The molecule has 0 unspecified atom stereocenters. The van der Waals surface area contributed by atoms with Crippen molar-refractivity contribution in [2.24, 2.45) is 11.3 Å². The molecule has 0 aliphatic heterocycles. The lowest BCUT2D eigenvalue weighted by atomic mass is 9.72. The van der Waals surface area contributed by atoms with E-state index in [1.54, 1.807) is 6.33 Å². The number of rotatable bonds is 0. The molecular weight excluding hydrogens is 268 g/mol. The SMILES string of the molecule is CC(C)(C)[C@H]1CCc2c(sc3ncn4cnnc4c23)C1. The fourth-order valence-electron chi connectivity index (χ4n) is 3.25. The van der Waals surface area contributed by atoms with Crippen LogP contribution in [0.1, 0.15) is 37.6 Å². The first-order valence-corrected chi connectivity index (χ1v) is 7.94. The van der Waals surface area contributed by atoms with E-state index in [4.69, 9.17) is 0 Å². The summed E-state index contributed by atoms with van der Waals surface area (Å²) in [6.45, 7) is 7.06. The van der Waals surface area contributed by atoms with Gasteiger partial charge in [-0.3, -0.25) is 4.40 Å². The molecule has 4 rings (SSSR count). The summed E-state index contributed by atoms with van der Waals surface area (Å²) in [6, 6.07) is 0. The molecule has 4 nitrogen and oxygen atoms in total. The van der Waals surface area contributed by atoms with E-state index in [2.05, 4.69) is 36.0 Å². The predicted octanol–water partition coefficient (Wildman–Crippen LogP) is 3.49. The van der Waals surface area contributed by atoms with Crippen LogP contribution in [0.15, 0.2) is 12.7 Å². The Kier molecular flexibility index (Phi) is 2.46. The molecule has 1 aliphatic rings. The average molecular weight is 286 g/mol. The third-order valence-corrected chi connectivity index (χ3v) is 5.73. The Labute approximate surface area is 121 Å². The van der Waals surface area contributed by atoms with Gasteiger partial charge >= 0.3 is 0 Å². The molecule has 0 N–H and O–H groups in total. The second-order valence-corrected chi connectivity index (χ2v) is 7.88. The van der Waals surface area contributed by atoms with Crippen LogP contribution in [0.2, 0.25) is 0 Å². The zero-order valence-electron chi connectivity index (χ0n) is 12.1. The fourth-order valence-corrected chi connectivity index (χ4v) is 4.51. The molecule has 0 fully saturated rings. The molecule has 104 valence electrons. The van der Waals surface area contributed by atoms with Crippen molar-refractivity contribution >= 4 is 27.2 Å². The minimum Gasteiger partial charge on any atom is -0.271 e. The van der Waals surface area contributed by atoms with Crippen molar-refractivity contribution in [3.05, 3.63) is 23.1 Å². The molecular formula is C15H18N4S. The van der Waals surface area contributed by atoms with Crippen LogP contribution in [0.4, 0.5) is 0 Å². The first-order chi connectivity index (χ1) is 9.54. The second-order valence-electron chi connectivity index (χ2n) is 6.80. The Morgan fingerprint density at radius 3 is 2.95 bits per heavy atom. The molecule has 1 atom stereocenters. The number of aromatic nitrogens is 4. The summed E-state index contributed by atoms with van der Waals surface area (Å²) in [5, 5.41) is 9.52. The van der Waals surface area contributed by atoms with Gasteiger partial charge < -0.3 is 0 Å². The van der Waals surface area contributed by atoms with Crippen LogP contribution < -0.4 is 0 Å². The Hall–Kier alpha value is -1.49. The summed E-state index contributed by atoms with van der Waals surface area (Å²) < 4.78 is 1.92. The normalized spacial score (nSPS) is 19.6. The third-order valence-electron chi connectivity index (χ3n) is 4.57. The number of thiophene rings is 1. The summed E-state index contributed by atoms with van der Waals surface area (Å²) in [6.07, 6.45) is 7.14. The average Bonchev–Trinajstić information content (AvgIpc) is 2.99. The van der Waals surface area contributed by atoms with Crippen LogP contribution in [-0.2, 0) is 12.8 Å². The Balaban J connectivity index is 1.91. The Bertz CT molecular complexity index is 793. The standard InChI is InChI=1S/C15H18N4S/c1-15(2,3)9-4-5-10-11(6-9)20-14-12(10)13-18-17-8-19(13)7-16-14/h7-9H,4-6H2,1-3H3/t9-/m0/s1. The summed E-state index contributed by atoms with van der Waals surface area (Å²) >= 11 is 1.85. The van der Waals surface area contributed by atoms with E-state index in [1.165, 1.54) is 28.7 Å². The molecule has 20 heavy (non-hydrogen) atoms. The molecule has 0 bridgehead atoms. The maximum atomic E-state index is 4.58.